The first-order valence-corrected chi connectivity index (χ1v) is 11.2. The molecule has 182 valence electrons. The molecule has 20 heteroatoms. The van der Waals surface area contributed by atoms with Crippen LogP contribution < -0.4 is 15.8 Å². The molecule has 3 rings (SSSR count). The molecule has 2 aliphatic rings. The van der Waals surface area contributed by atoms with Crippen LogP contribution in [0.25, 0.3) is 0 Å². The Hall–Kier alpha value is -2.14. The predicted molar refractivity (Wildman–Crippen MR) is 125 cm³/mol. The Morgan fingerprint density at radius 2 is 1.91 bits per heavy atom. The van der Waals surface area contributed by atoms with Gasteiger partial charge in [-0.15, -0.1) is 9.44 Å². The lowest BCUT2D eigenvalue weighted by Gasteiger charge is -2.69. The van der Waals surface area contributed by atoms with Gasteiger partial charge in [-0.25, -0.2) is 9.02 Å². The number of hydrogen-bond acceptors (Lipinski definition) is 10. The van der Waals surface area contributed by atoms with Crippen LogP contribution in [0.4, 0.5) is 23.4 Å². The number of anilines is 1. The Morgan fingerprint density at radius 1 is 1.29 bits per heavy atom. The highest BCUT2D eigenvalue weighted by molar-refractivity contribution is 7.87. The number of nitrogens with zero attached hydrogens (tertiary/aromatic N) is 4. The van der Waals surface area contributed by atoms with Crippen LogP contribution in [0.5, 0.6) is 0 Å². The maximum Gasteiger partial charge on any atom is 0.418 e. The largest absolute Gasteiger partial charge is 0.579 e. The number of nitrogens with two attached hydrogens (primary N) is 1. The summed E-state index contributed by atoms with van der Waals surface area (Å²) in [5.41, 5.74) is -3.19. The van der Waals surface area contributed by atoms with E-state index in [1.54, 1.807) is 31.4 Å². The van der Waals surface area contributed by atoms with Gasteiger partial charge in [-0.1, -0.05) is 5.16 Å². The number of allylic oxidation sites excluding steroid dienone is 4. The molecule has 1 atom stereocenters. The van der Waals surface area contributed by atoms with E-state index in [4.69, 9.17) is 5.14 Å². The van der Waals surface area contributed by atoms with E-state index in [9.17, 15) is 32.4 Å². The van der Waals surface area contributed by atoms with Crippen molar-refractivity contribution >= 4 is 54.6 Å². The maximum absolute atomic E-state index is 13.6. The molecule has 1 aromatic rings. The molecule has 0 aromatic carbocycles. The average Bonchev–Trinajstić information content (AvgIpc) is 3.17. The topological polar surface area (TPSA) is 168 Å². The fourth-order valence-electron chi connectivity index (χ4n) is 4.61. The van der Waals surface area contributed by atoms with Crippen molar-refractivity contribution in [2.24, 2.45) is 10.3 Å². The van der Waals surface area contributed by atoms with Crippen LogP contribution in [0.2, 0.25) is 0 Å². The van der Waals surface area contributed by atoms with E-state index in [1.165, 1.54) is 4.31 Å². The summed E-state index contributed by atoms with van der Waals surface area (Å²) in [5, 5.41) is 39.8. The Kier molecular flexibility index (Phi) is 6.86. The van der Waals surface area contributed by atoms with E-state index in [0.29, 0.717) is 6.08 Å². The number of aliphatic hydroxyl groups is 1. The minimum Gasteiger partial charge on any atom is -0.579 e. The van der Waals surface area contributed by atoms with E-state index in [-0.39, 0.29) is 30.2 Å². The summed E-state index contributed by atoms with van der Waals surface area (Å²) in [7, 11) is 6.59. The highest BCUT2D eigenvalue weighted by Crippen LogP contribution is 2.48. The molecular weight excluding hydrogens is 482 g/mol. The van der Waals surface area contributed by atoms with Crippen molar-refractivity contribution in [3.63, 3.8) is 0 Å². The third-order valence-electron chi connectivity index (χ3n) is 6.35. The zero-order valence-corrected chi connectivity index (χ0v) is 19.5. The number of rotatable bonds is 6. The monoisotopic (exact) mass is 503 g/mol. The predicted octanol–water partition coefficient (Wildman–Crippen LogP) is -3.91. The molecule has 0 radical (unpaired) electrons. The van der Waals surface area contributed by atoms with Crippen LogP contribution in [-0.4, -0.2) is 95.7 Å². The fourth-order valence-corrected chi connectivity index (χ4v) is 5.81. The van der Waals surface area contributed by atoms with Gasteiger partial charge in [0, 0.05) is 29.3 Å². The Morgan fingerprint density at radius 3 is 2.44 bits per heavy atom. The lowest BCUT2D eigenvalue weighted by molar-refractivity contribution is -0.129. The Labute approximate surface area is 198 Å². The molecule has 1 unspecified atom stereocenters. The van der Waals surface area contributed by atoms with E-state index < -0.39 is 57.7 Å². The van der Waals surface area contributed by atoms with Crippen LogP contribution in [0.1, 0.15) is 18.5 Å². The molecule has 6 N–H and O–H groups in total. The summed E-state index contributed by atoms with van der Waals surface area (Å²) >= 11 is -1.86. The molecule has 34 heavy (non-hydrogen) atoms. The van der Waals surface area contributed by atoms with Crippen LogP contribution in [0, 0.1) is 0 Å². The summed E-state index contributed by atoms with van der Waals surface area (Å²) < 4.78 is 70.8. The number of amidine groups is 1. The fraction of sp³-hybridized carbons (Fsp3) is 0.500. The van der Waals surface area contributed by atoms with Crippen LogP contribution in [-0.2, 0) is 11.5 Å². The minimum absolute atomic E-state index is 0.0728. The standard InChI is InChI=1S/C14H21B4F4N7O4S/c15-13(16)11(30,14(17,18)29(13)34(23)32)4-24-9-8(27-33-28-9)10(26-31)25-5-1-2-7(19)6(3-5)12(20,21)22/h3,30-31H,1-2,4,15-18,23H2,(H,24,28)(H,25,26). The summed E-state index contributed by atoms with van der Waals surface area (Å²) in [4.78, 5) is 0. The van der Waals surface area contributed by atoms with E-state index in [1.807, 2.05) is 0 Å². The van der Waals surface area contributed by atoms with E-state index in [2.05, 4.69) is 30.7 Å². The molecule has 0 amide bonds. The molecule has 1 fully saturated rings. The molecule has 0 spiro atoms. The molecule has 0 bridgehead atoms. The number of hydrogen-bond donors (Lipinski definition) is 5. The summed E-state index contributed by atoms with van der Waals surface area (Å²) in [5.74, 6) is -1.80. The lowest BCUT2D eigenvalue weighted by atomic mass is 9.31. The van der Waals surface area contributed by atoms with Crippen LogP contribution in [0.15, 0.2) is 33.0 Å². The van der Waals surface area contributed by atoms with Gasteiger partial charge >= 0.3 is 6.18 Å². The number of nitrogens with one attached hydrogen (secondary N) is 2. The molecule has 11 nitrogen and oxygen atoms in total. The SMILES string of the molecule is BC1(B)N([S+](N)[O-])C(B)(B)C1(O)CNc1nonc1/C(=N/O)NC1=CC(C(F)(F)F)=C(F)CC1. The van der Waals surface area contributed by atoms with Crippen molar-refractivity contribution in [1.82, 2.24) is 19.9 Å². The average molecular weight is 503 g/mol. The van der Waals surface area contributed by atoms with E-state index >= 15 is 0 Å². The quantitative estimate of drug-likeness (QED) is 0.0493. The van der Waals surface area contributed by atoms with Crippen molar-refractivity contribution < 1.29 is 37.1 Å². The Balaban J connectivity index is 1.79. The normalized spacial score (nSPS) is 23.1. The number of oxime groups is 1. The molecule has 0 saturated carbocycles. The molecular formula is C14H21B4F4N7O4S. The van der Waals surface area contributed by atoms with Gasteiger partial charge in [0.1, 0.15) is 48.8 Å². The van der Waals surface area contributed by atoms with Gasteiger partial charge < -0.3 is 25.5 Å². The third kappa shape index (κ3) is 4.21. The highest BCUT2D eigenvalue weighted by atomic mass is 32.2. The number of aromatic nitrogens is 2. The lowest BCUT2D eigenvalue weighted by Crippen LogP contribution is -2.95. The van der Waals surface area contributed by atoms with Gasteiger partial charge in [0.2, 0.25) is 11.7 Å². The van der Waals surface area contributed by atoms with Gasteiger partial charge in [0.15, 0.2) is 5.69 Å². The number of halogens is 4. The molecule has 1 aliphatic carbocycles. The first kappa shape index (κ1) is 26.5. The molecule has 1 aromatic heterocycles. The van der Waals surface area contributed by atoms with Crippen molar-refractivity contribution in [3.05, 3.63) is 28.9 Å². The first-order chi connectivity index (χ1) is 15.6. The second-order valence-corrected chi connectivity index (χ2v) is 9.84. The maximum atomic E-state index is 13.6. The molecule has 1 saturated heterocycles. The van der Waals surface area contributed by atoms with Gasteiger partial charge in [-0.05, 0) is 22.8 Å². The van der Waals surface area contributed by atoms with Gasteiger partial charge in [0.25, 0.3) is 0 Å². The van der Waals surface area contributed by atoms with Crippen molar-refractivity contribution in [1.29, 1.82) is 0 Å². The smallest absolute Gasteiger partial charge is 0.418 e. The zero-order valence-electron chi connectivity index (χ0n) is 18.7. The summed E-state index contributed by atoms with van der Waals surface area (Å²) in [6, 6.07) is 0. The third-order valence-corrected chi connectivity index (χ3v) is 7.63. The second-order valence-electron chi connectivity index (χ2n) is 8.92. The van der Waals surface area contributed by atoms with Crippen LogP contribution >= 0.6 is 0 Å². The van der Waals surface area contributed by atoms with Crippen molar-refractivity contribution in [2.45, 2.75) is 35.3 Å². The van der Waals surface area contributed by atoms with Crippen molar-refractivity contribution in [2.75, 3.05) is 11.9 Å². The van der Waals surface area contributed by atoms with Gasteiger partial charge in [-0.2, -0.15) is 13.2 Å². The first-order valence-electron chi connectivity index (χ1n) is 9.99. The van der Waals surface area contributed by atoms with Crippen LogP contribution in [0.3, 0.4) is 0 Å². The van der Waals surface area contributed by atoms with Crippen molar-refractivity contribution in [3.8, 4) is 0 Å². The van der Waals surface area contributed by atoms with E-state index in [0.717, 1.165) is 0 Å². The molecule has 2 heterocycles. The second kappa shape index (κ2) is 8.82. The minimum atomic E-state index is -4.89. The number of alkyl halides is 3. The van der Waals surface area contributed by atoms with Gasteiger partial charge in [-0.3, -0.25) is 0 Å². The molecule has 1 aliphatic heterocycles. The summed E-state index contributed by atoms with van der Waals surface area (Å²) in [6.07, 6.45) is -4.93. The highest BCUT2D eigenvalue weighted by Gasteiger charge is 2.74. The zero-order chi connectivity index (χ0) is 25.7. The summed E-state index contributed by atoms with van der Waals surface area (Å²) in [6.45, 7) is -0.157. The van der Waals surface area contributed by atoms with Gasteiger partial charge in [0.05, 0.1) is 11.2 Å². The Bertz CT molecular complexity index is 1030.